The molecule has 0 aliphatic carbocycles. The van der Waals surface area contributed by atoms with Crippen LogP contribution in [0.15, 0.2) is 78.9 Å². The van der Waals surface area contributed by atoms with E-state index in [1.807, 2.05) is 54.6 Å². The van der Waals surface area contributed by atoms with Gasteiger partial charge in [-0.25, -0.2) is 4.79 Å². The smallest absolute Gasteiger partial charge is 0.337 e. The van der Waals surface area contributed by atoms with Gasteiger partial charge in [0.2, 0.25) is 0 Å². The summed E-state index contributed by atoms with van der Waals surface area (Å²) in [6.45, 7) is 7.55. The summed E-state index contributed by atoms with van der Waals surface area (Å²) in [7, 11) is 0. The topological polar surface area (TPSA) is 68.2 Å². The third-order valence-corrected chi connectivity index (χ3v) is 5.99. The number of hydrogen-bond acceptors (Lipinski definition) is 6. The second-order valence-electron chi connectivity index (χ2n) is 10.1. The maximum Gasteiger partial charge on any atom is 0.337 e. The molecule has 1 aliphatic heterocycles. The van der Waals surface area contributed by atoms with Gasteiger partial charge in [0.15, 0.2) is 17.6 Å². The molecule has 0 fully saturated rings. The first-order valence-electron chi connectivity index (χ1n) is 12.4. The molecule has 6 nitrogen and oxygen atoms in total. The van der Waals surface area contributed by atoms with Gasteiger partial charge in [-0.2, -0.15) is 0 Å². The molecule has 0 bridgehead atoms. The van der Waals surface area contributed by atoms with E-state index in [-0.39, 0.29) is 0 Å². The molecule has 1 aliphatic rings. The summed E-state index contributed by atoms with van der Waals surface area (Å²) in [5, 5.41) is 11.4. The second-order valence-corrected chi connectivity index (χ2v) is 10.1. The number of benzene rings is 3. The fourth-order valence-corrected chi connectivity index (χ4v) is 4.34. The number of hydrogen-bond donors (Lipinski definition) is 1. The Morgan fingerprint density at radius 1 is 0.861 bits per heavy atom. The van der Waals surface area contributed by atoms with E-state index in [1.54, 1.807) is 20.8 Å². The van der Waals surface area contributed by atoms with Crippen molar-refractivity contribution in [1.82, 2.24) is 4.90 Å². The number of fused-ring (bicyclic) bond motifs is 1. The van der Waals surface area contributed by atoms with Crippen molar-refractivity contribution in [3.05, 3.63) is 95.6 Å². The van der Waals surface area contributed by atoms with E-state index in [4.69, 9.17) is 14.2 Å². The van der Waals surface area contributed by atoms with Gasteiger partial charge in [-0.3, -0.25) is 4.90 Å². The van der Waals surface area contributed by atoms with E-state index in [0.29, 0.717) is 44.2 Å². The maximum absolute atomic E-state index is 13.1. The molecule has 0 aromatic heterocycles. The Morgan fingerprint density at radius 2 is 1.42 bits per heavy atom. The van der Waals surface area contributed by atoms with E-state index in [0.717, 1.165) is 16.7 Å². The van der Waals surface area contributed by atoms with Gasteiger partial charge in [0.25, 0.3) is 0 Å². The van der Waals surface area contributed by atoms with Crippen LogP contribution >= 0.6 is 0 Å². The SMILES string of the molecule is CC(C)(C)OC(=O)C(O)C(Cc1ccc2c(c1)OCCO2)N(Cc1ccccc1)Cc1ccccc1. The fraction of sp³-hybridized carbons (Fsp3) is 0.367. The van der Waals surface area contributed by atoms with Crippen LogP contribution in [0.25, 0.3) is 0 Å². The zero-order valence-corrected chi connectivity index (χ0v) is 21.2. The van der Waals surface area contributed by atoms with Crippen molar-refractivity contribution in [2.75, 3.05) is 13.2 Å². The lowest BCUT2D eigenvalue weighted by Crippen LogP contribution is -2.49. The largest absolute Gasteiger partial charge is 0.486 e. The fourth-order valence-electron chi connectivity index (χ4n) is 4.34. The van der Waals surface area contributed by atoms with Gasteiger partial charge in [0, 0.05) is 13.1 Å². The van der Waals surface area contributed by atoms with Crippen LogP contribution in [0.3, 0.4) is 0 Å². The van der Waals surface area contributed by atoms with Crippen LogP contribution in [0.1, 0.15) is 37.5 Å². The molecule has 1 N–H and O–H groups in total. The molecule has 0 radical (unpaired) electrons. The number of ether oxygens (including phenoxy) is 3. The quantitative estimate of drug-likeness (QED) is 0.437. The molecule has 190 valence electrons. The zero-order chi connectivity index (χ0) is 25.5. The number of rotatable bonds is 9. The van der Waals surface area contributed by atoms with Gasteiger partial charge < -0.3 is 19.3 Å². The van der Waals surface area contributed by atoms with Gasteiger partial charge in [0.1, 0.15) is 18.8 Å². The average Bonchev–Trinajstić information content (AvgIpc) is 2.86. The number of nitrogens with zero attached hydrogens (tertiary/aromatic N) is 1. The van der Waals surface area contributed by atoms with E-state index in [1.165, 1.54) is 0 Å². The molecular weight excluding hydrogens is 454 g/mol. The highest BCUT2D eigenvalue weighted by atomic mass is 16.6. The van der Waals surface area contributed by atoms with E-state index < -0.39 is 23.7 Å². The minimum Gasteiger partial charge on any atom is -0.486 e. The zero-order valence-electron chi connectivity index (χ0n) is 21.2. The summed E-state index contributed by atoms with van der Waals surface area (Å²) in [5.74, 6) is 0.762. The van der Waals surface area contributed by atoms with Crippen LogP contribution in [0, 0.1) is 0 Å². The van der Waals surface area contributed by atoms with Crippen LogP contribution in [-0.4, -0.2) is 46.9 Å². The van der Waals surface area contributed by atoms with Crippen molar-refractivity contribution in [2.24, 2.45) is 0 Å². The maximum atomic E-state index is 13.1. The highest BCUT2D eigenvalue weighted by molar-refractivity contribution is 5.75. The highest BCUT2D eigenvalue weighted by Gasteiger charge is 2.35. The van der Waals surface area contributed by atoms with Crippen LogP contribution in [-0.2, 0) is 29.0 Å². The van der Waals surface area contributed by atoms with Gasteiger partial charge in [0.05, 0.1) is 6.04 Å². The number of aliphatic hydroxyl groups excluding tert-OH is 1. The van der Waals surface area contributed by atoms with Crippen LogP contribution < -0.4 is 9.47 Å². The Bertz CT molecular complexity index is 1090. The molecule has 0 spiro atoms. The van der Waals surface area contributed by atoms with Crippen molar-refractivity contribution >= 4 is 5.97 Å². The molecule has 36 heavy (non-hydrogen) atoms. The molecule has 1 heterocycles. The summed E-state index contributed by atoms with van der Waals surface area (Å²) in [6.07, 6.45) is -0.915. The van der Waals surface area contributed by atoms with Crippen molar-refractivity contribution in [1.29, 1.82) is 0 Å². The third-order valence-electron chi connectivity index (χ3n) is 5.99. The number of carbonyl (C=O) groups excluding carboxylic acids is 1. The Morgan fingerprint density at radius 3 is 1.97 bits per heavy atom. The molecule has 4 rings (SSSR count). The average molecular weight is 490 g/mol. The second kappa shape index (κ2) is 11.6. The first-order chi connectivity index (χ1) is 17.3. The number of esters is 1. The summed E-state index contributed by atoms with van der Waals surface area (Å²) in [6, 6.07) is 25.4. The van der Waals surface area contributed by atoms with E-state index in [2.05, 4.69) is 29.2 Å². The Balaban J connectivity index is 1.68. The monoisotopic (exact) mass is 489 g/mol. The third kappa shape index (κ3) is 7.09. The lowest BCUT2D eigenvalue weighted by molar-refractivity contribution is -0.169. The van der Waals surface area contributed by atoms with Crippen LogP contribution in [0.2, 0.25) is 0 Å². The normalized spacial score (nSPS) is 14.8. The van der Waals surface area contributed by atoms with Gasteiger partial charge in [-0.15, -0.1) is 0 Å². The summed E-state index contributed by atoms with van der Waals surface area (Å²) in [4.78, 5) is 15.2. The van der Waals surface area contributed by atoms with Gasteiger partial charge in [-0.05, 0) is 56.0 Å². The highest BCUT2D eigenvalue weighted by Crippen LogP contribution is 2.32. The lowest BCUT2D eigenvalue weighted by atomic mass is 9.97. The lowest BCUT2D eigenvalue weighted by Gasteiger charge is -2.35. The molecular formula is C30H35NO5. The number of aliphatic hydroxyl groups is 1. The molecule has 0 amide bonds. The van der Waals surface area contributed by atoms with Crippen LogP contribution in [0.5, 0.6) is 11.5 Å². The van der Waals surface area contributed by atoms with E-state index in [9.17, 15) is 9.90 Å². The van der Waals surface area contributed by atoms with Crippen molar-refractivity contribution in [3.8, 4) is 11.5 Å². The standard InChI is InChI=1S/C30H35NO5/c1-30(2,3)36-29(33)28(32)25(18-24-14-15-26-27(19-24)35-17-16-34-26)31(20-22-10-6-4-7-11-22)21-23-12-8-5-9-13-23/h4-15,19,25,28,32H,16-18,20-21H2,1-3H3. The molecule has 3 aromatic carbocycles. The minimum atomic E-state index is -1.34. The van der Waals surface area contributed by atoms with Crippen molar-refractivity contribution < 1.29 is 24.1 Å². The molecule has 0 saturated heterocycles. The Kier molecular flexibility index (Phi) is 8.28. The van der Waals surface area contributed by atoms with Crippen molar-refractivity contribution in [3.63, 3.8) is 0 Å². The van der Waals surface area contributed by atoms with Gasteiger partial charge >= 0.3 is 5.97 Å². The van der Waals surface area contributed by atoms with Crippen LogP contribution in [0.4, 0.5) is 0 Å². The van der Waals surface area contributed by atoms with E-state index >= 15 is 0 Å². The first kappa shape index (κ1) is 25.7. The minimum absolute atomic E-state index is 0.427. The summed E-state index contributed by atoms with van der Waals surface area (Å²) in [5.41, 5.74) is 2.43. The Labute approximate surface area is 213 Å². The predicted molar refractivity (Wildman–Crippen MR) is 139 cm³/mol. The first-order valence-corrected chi connectivity index (χ1v) is 12.4. The predicted octanol–water partition coefficient (Wildman–Crippen LogP) is 4.77. The number of carbonyl (C=O) groups is 1. The Hall–Kier alpha value is -3.35. The van der Waals surface area contributed by atoms with Crippen molar-refractivity contribution in [2.45, 2.75) is 58.0 Å². The molecule has 3 aromatic rings. The molecule has 0 saturated carbocycles. The summed E-state index contributed by atoms with van der Waals surface area (Å²) >= 11 is 0. The molecule has 2 atom stereocenters. The molecule has 2 unspecified atom stereocenters. The van der Waals surface area contributed by atoms with Gasteiger partial charge in [-0.1, -0.05) is 66.7 Å². The molecule has 6 heteroatoms. The summed E-state index contributed by atoms with van der Waals surface area (Å²) < 4.78 is 17.0.